The summed E-state index contributed by atoms with van der Waals surface area (Å²) >= 11 is 0. The quantitative estimate of drug-likeness (QED) is 0.443. The number of nitrogens with zero attached hydrogens (tertiary/aromatic N) is 1. The van der Waals surface area contributed by atoms with Crippen molar-refractivity contribution in [3.63, 3.8) is 0 Å². The summed E-state index contributed by atoms with van der Waals surface area (Å²) < 4.78 is 14.3. The average molecular weight is 435 g/mol. The van der Waals surface area contributed by atoms with Crippen LogP contribution < -0.4 is 5.32 Å². The van der Waals surface area contributed by atoms with E-state index in [4.69, 9.17) is 0 Å². The van der Waals surface area contributed by atoms with Gasteiger partial charge in [-0.3, -0.25) is 9.59 Å². The number of hydrogen-bond acceptors (Lipinski definition) is 2. The molecule has 5 heteroatoms. The van der Waals surface area contributed by atoms with Gasteiger partial charge in [0.2, 0.25) is 11.8 Å². The molecule has 0 aliphatic heterocycles. The highest BCUT2D eigenvalue weighted by atomic mass is 19.1. The van der Waals surface area contributed by atoms with Crippen molar-refractivity contribution in [3.05, 3.63) is 83.7 Å². The normalized spacial score (nSPS) is 11.8. The first-order chi connectivity index (χ1) is 15.5. The Hall–Kier alpha value is -3.21. The van der Waals surface area contributed by atoms with Gasteiger partial charge in [-0.15, -0.1) is 0 Å². The molecule has 0 saturated carbocycles. The maximum absolute atomic E-state index is 14.3. The van der Waals surface area contributed by atoms with E-state index in [0.717, 1.165) is 29.2 Å². The van der Waals surface area contributed by atoms with Crippen LogP contribution in [0.2, 0.25) is 0 Å². The molecule has 0 heterocycles. The molecule has 3 rings (SSSR count). The third-order valence-electron chi connectivity index (χ3n) is 5.78. The van der Waals surface area contributed by atoms with Gasteiger partial charge in [0.15, 0.2) is 0 Å². The second kappa shape index (κ2) is 11.4. The van der Waals surface area contributed by atoms with Crippen molar-refractivity contribution < 1.29 is 14.0 Å². The number of carbonyl (C=O) groups excluding carboxylic acids is 2. The number of carbonyl (C=O) groups is 2. The van der Waals surface area contributed by atoms with Gasteiger partial charge in [-0.25, -0.2) is 4.39 Å². The highest BCUT2D eigenvalue weighted by Crippen LogP contribution is 2.21. The molecule has 0 unspecified atom stereocenters. The second-order valence-electron chi connectivity index (χ2n) is 8.07. The van der Waals surface area contributed by atoms with E-state index in [1.165, 1.54) is 11.0 Å². The van der Waals surface area contributed by atoms with E-state index < -0.39 is 6.04 Å². The third-order valence-corrected chi connectivity index (χ3v) is 5.78. The number of aryl methyl sites for hydroxylation is 1. The van der Waals surface area contributed by atoms with Crippen LogP contribution in [-0.2, 0) is 22.6 Å². The van der Waals surface area contributed by atoms with E-state index in [1.807, 2.05) is 36.4 Å². The average Bonchev–Trinajstić information content (AvgIpc) is 2.81. The van der Waals surface area contributed by atoms with Gasteiger partial charge in [0, 0.05) is 25.1 Å². The highest BCUT2D eigenvalue weighted by molar-refractivity contribution is 5.88. The lowest BCUT2D eigenvalue weighted by atomic mass is 10.0. The predicted molar refractivity (Wildman–Crippen MR) is 127 cm³/mol. The van der Waals surface area contributed by atoms with Crippen LogP contribution in [0.4, 0.5) is 4.39 Å². The van der Waals surface area contributed by atoms with Gasteiger partial charge in [0.05, 0.1) is 0 Å². The molecule has 4 nitrogen and oxygen atoms in total. The third kappa shape index (κ3) is 5.94. The van der Waals surface area contributed by atoms with Crippen LogP contribution in [0.3, 0.4) is 0 Å². The van der Waals surface area contributed by atoms with Gasteiger partial charge >= 0.3 is 0 Å². The fraction of sp³-hybridized carbons (Fsp3) is 0.333. The molecule has 1 N–H and O–H groups in total. The molecule has 32 heavy (non-hydrogen) atoms. The van der Waals surface area contributed by atoms with Crippen molar-refractivity contribution in [1.29, 1.82) is 0 Å². The van der Waals surface area contributed by atoms with Gasteiger partial charge < -0.3 is 10.2 Å². The molecule has 1 atom stereocenters. The molecule has 3 aromatic carbocycles. The minimum atomic E-state index is -0.688. The van der Waals surface area contributed by atoms with Crippen molar-refractivity contribution in [2.75, 3.05) is 6.54 Å². The summed E-state index contributed by atoms with van der Waals surface area (Å²) in [6.45, 7) is 4.38. The summed E-state index contributed by atoms with van der Waals surface area (Å²) in [6, 6.07) is 19.8. The topological polar surface area (TPSA) is 49.4 Å². The van der Waals surface area contributed by atoms with Crippen molar-refractivity contribution in [2.24, 2.45) is 0 Å². The zero-order valence-electron chi connectivity index (χ0n) is 18.8. The van der Waals surface area contributed by atoms with Gasteiger partial charge in [-0.1, -0.05) is 74.0 Å². The predicted octanol–water partition coefficient (Wildman–Crippen LogP) is 5.25. The van der Waals surface area contributed by atoms with Crippen LogP contribution in [0.5, 0.6) is 0 Å². The number of unbranched alkanes of at least 4 members (excludes halogenated alkanes) is 1. The number of rotatable bonds is 10. The molecule has 2 amide bonds. The fourth-order valence-electron chi connectivity index (χ4n) is 3.82. The molecule has 168 valence electrons. The monoisotopic (exact) mass is 434 g/mol. The molecular formula is C27H31FN2O2. The van der Waals surface area contributed by atoms with Crippen molar-refractivity contribution in [1.82, 2.24) is 10.2 Å². The maximum Gasteiger partial charge on any atom is 0.242 e. The molecule has 0 radical (unpaired) electrons. The summed E-state index contributed by atoms with van der Waals surface area (Å²) in [5, 5.41) is 5.14. The summed E-state index contributed by atoms with van der Waals surface area (Å²) in [5.74, 6) is -0.759. The van der Waals surface area contributed by atoms with Crippen LogP contribution in [0.25, 0.3) is 10.8 Å². The van der Waals surface area contributed by atoms with Gasteiger partial charge in [0.1, 0.15) is 11.9 Å². The zero-order chi connectivity index (χ0) is 22.9. The van der Waals surface area contributed by atoms with Gasteiger partial charge in [-0.05, 0) is 42.2 Å². The first-order valence-electron chi connectivity index (χ1n) is 11.3. The standard InChI is InChI=1S/C27H31FN2O2/c1-3-4-18-29-27(32)20(2)30(19-23-11-6-8-15-25(23)28)26(31)17-16-22-13-9-12-21-10-5-7-14-24(21)22/h5-15,20H,3-4,16-19H2,1-2H3,(H,29,32)/t20-/m0/s1. The molecule has 0 saturated heterocycles. The van der Waals surface area contributed by atoms with Crippen LogP contribution in [0.1, 0.15) is 44.2 Å². The molecule has 3 aromatic rings. The Kier molecular flexibility index (Phi) is 8.37. The van der Waals surface area contributed by atoms with Crippen LogP contribution >= 0.6 is 0 Å². The van der Waals surface area contributed by atoms with Crippen LogP contribution in [0, 0.1) is 5.82 Å². The van der Waals surface area contributed by atoms with E-state index in [2.05, 4.69) is 18.3 Å². The Morgan fingerprint density at radius 2 is 1.66 bits per heavy atom. The van der Waals surface area contributed by atoms with E-state index in [1.54, 1.807) is 25.1 Å². The minimum absolute atomic E-state index is 0.0589. The molecule has 0 fully saturated rings. The molecule has 0 aliphatic rings. The van der Waals surface area contributed by atoms with E-state index in [0.29, 0.717) is 18.5 Å². The number of amides is 2. The van der Waals surface area contributed by atoms with Gasteiger partial charge in [-0.2, -0.15) is 0 Å². The zero-order valence-corrected chi connectivity index (χ0v) is 18.8. The fourth-order valence-corrected chi connectivity index (χ4v) is 3.82. The first-order valence-corrected chi connectivity index (χ1v) is 11.3. The molecule has 0 aromatic heterocycles. The number of halogens is 1. The van der Waals surface area contributed by atoms with Crippen LogP contribution in [0.15, 0.2) is 66.7 Å². The van der Waals surface area contributed by atoms with Crippen molar-refractivity contribution in [2.45, 2.75) is 52.1 Å². The lowest BCUT2D eigenvalue weighted by Crippen LogP contribution is -2.48. The molecule has 0 aliphatic carbocycles. The number of hydrogen-bond donors (Lipinski definition) is 1. The van der Waals surface area contributed by atoms with Gasteiger partial charge in [0.25, 0.3) is 0 Å². The smallest absolute Gasteiger partial charge is 0.242 e. The Bertz CT molecular complexity index is 1060. The van der Waals surface area contributed by atoms with Crippen molar-refractivity contribution in [3.8, 4) is 0 Å². The molecular weight excluding hydrogens is 403 g/mol. The van der Waals surface area contributed by atoms with E-state index in [-0.39, 0.29) is 30.6 Å². The molecule has 0 spiro atoms. The Morgan fingerprint density at radius 1 is 0.969 bits per heavy atom. The SMILES string of the molecule is CCCCNC(=O)[C@H](C)N(Cc1ccccc1F)C(=O)CCc1cccc2ccccc12. The lowest BCUT2D eigenvalue weighted by Gasteiger charge is -2.29. The first kappa shape index (κ1) is 23.5. The number of benzene rings is 3. The van der Waals surface area contributed by atoms with Crippen LogP contribution in [-0.4, -0.2) is 29.3 Å². The largest absolute Gasteiger partial charge is 0.354 e. The van der Waals surface area contributed by atoms with E-state index >= 15 is 0 Å². The summed E-state index contributed by atoms with van der Waals surface area (Å²) in [6.07, 6.45) is 2.64. The highest BCUT2D eigenvalue weighted by Gasteiger charge is 2.26. The molecule has 0 bridgehead atoms. The summed E-state index contributed by atoms with van der Waals surface area (Å²) in [7, 11) is 0. The number of fused-ring (bicyclic) bond motifs is 1. The van der Waals surface area contributed by atoms with Crippen molar-refractivity contribution >= 4 is 22.6 Å². The Balaban J connectivity index is 1.77. The maximum atomic E-state index is 14.3. The summed E-state index contributed by atoms with van der Waals surface area (Å²) in [4.78, 5) is 27.4. The number of nitrogens with one attached hydrogen (secondary N) is 1. The second-order valence-corrected chi connectivity index (χ2v) is 8.07. The minimum Gasteiger partial charge on any atom is -0.354 e. The Labute approximate surface area is 189 Å². The van der Waals surface area contributed by atoms with E-state index in [9.17, 15) is 14.0 Å². The Morgan fingerprint density at radius 3 is 2.44 bits per heavy atom. The lowest BCUT2D eigenvalue weighted by molar-refractivity contribution is -0.140. The summed E-state index contributed by atoms with van der Waals surface area (Å²) in [5.41, 5.74) is 1.49.